The minimum atomic E-state index is -2.03. The Balaban J connectivity index is 0.00000241. The van der Waals surface area contributed by atoms with Gasteiger partial charge in [0.05, 0.1) is 23.3 Å². The molecule has 0 amide bonds. The van der Waals surface area contributed by atoms with Gasteiger partial charge < -0.3 is 53.5 Å². The maximum absolute atomic E-state index is 13.4. The molecule has 0 aromatic heterocycles. The van der Waals surface area contributed by atoms with Gasteiger partial charge >= 0.3 is 43.7 Å². The largest absolute Gasteiger partial charge is 2.00 e. The Morgan fingerprint density at radius 2 is 1.50 bits per heavy atom. The first-order valence-corrected chi connectivity index (χ1v) is 10.2. The zero-order valence-corrected chi connectivity index (χ0v) is 20.7. The first kappa shape index (κ1) is 28.1. The third-order valence-corrected chi connectivity index (χ3v) is 6.33. The van der Waals surface area contributed by atoms with E-state index in [-0.39, 0.29) is 46.2 Å². The number of carbonyl (C=O) groups excluding carboxylic acids is 2. The van der Waals surface area contributed by atoms with Gasteiger partial charge in [-0.1, -0.05) is 0 Å². The van der Waals surface area contributed by atoms with Crippen molar-refractivity contribution in [1.29, 1.82) is 0 Å². The van der Waals surface area contributed by atoms with E-state index in [0.717, 1.165) is 6.92 Å². The summed E-state index contributed by atoms with van der Waals surface area (Å²) in [6, 6.07) is 0.716. The second kappa shape index (κ2) is 9.76. The number of aromatic hydroxyl groups is 4. The maximum atomic E-state index is 13.4. The summed E-state index contributed by atoms with van der Waals surface area (Å²) in [5, 5.41) is 91.5. The normalized spacial score (nSPS) is 25.1. The molecule has 0 spiro atoms. The van der Waals surface area contributed by atoms with Crippen molar-refractivity contribution < 1.29 is 67.9 Å². The minimum Gasteiger partial charge on any atom is -1.00 e. The van der Waals surface area contributed by atoms with Gasteiger partial charge in [0, 0.05) is 11.1 Å². The molecule has 1 saturated heterocycles. The number of benzene rings is 2. The summed E-state index contributed by atoms with van der Waals surface area (Å²) < 4.78 is 5.30. The van der Waals surface area contributed by atoms with E-state index in [0.29, 0.717) is 6.07 Å². The van der Waals surface area contributed by atoms with Crippen LogP contribution in [0.4, 0.5) is 0 Å². The molecular weight excluding hydrogens is 512 g/mol. The Labute approximate surface area is 234 Å². The van der Waals surface area contributed by atoms with Crippen LogP contribution in [-0.4, -0.2) is 132 Å². The summed E-state index contributed by atoms with van der Waals surface area (Å²) in [6.45, 7) is 0.291. The summed E-state index contributed by atoms with van der Waals surface area (Å²) >= 11 is 0. The van der Waals surface area contributed by atoms with Gasteiger partial charge in [-0.15, -0.1) is 0 Å². The SMILES string of the molecule is Cc1c(C(=O)O)c(O)cc2c1C(=O)c1c(O)c([C@H]3O[C@H](CO)[C@@H](O)[C@H](O)[C@H]3O)c(O)c(O)c1C2=O.[Ca+2].[H-].[H-]. The molecule has 1 heterocycles. The predicted molar refractivity (Wildman–Crippen MR) is 119 cm³/mol. The Kier molecular flexibility index (Phi) is 7.61. The van der Waals surface area contributed by atoms with E-state index < -0.39 is 111 Å². The average Bonchev–Trinajstić information content (AvgIpc) is 2.79. The molecule has 190 valence electrons. The van der Waals surface area contributed by atoms with Crippen molar-refractivity contribution in [3.63, 3.8) is 0 Å². The summed E-state index contributed by atoms with van der Waals surface area (Å²) in [7, 11) is 0. The Morgan fingerprint density at radius 1 is 0.917 bits per heavy atom. The molecule has 0 bridgehead atoms. The summed E-state index contributed by atoms with van der Waals surface area (Å²) in [6.07, 6.45) is -9.12. The van der Waals surface area contributed by atoms with Crippen molar-refractivity contribution in [3.05, 3.63) is 45.0 Å². The van der Waals surface area contributed by atoms with E-state index in [1.165, 1.54) is 0 Å². The monoisotopic (exact) mass is 534 g/mol. The molecule has 0 radical (unpaired) electrons. The smallest absolute Gasteiger partial charge is 1.00 e. The zero-order valence-electron chi connectivity index (χ0n) is 20.5. The molecule has 1 fully saturated rings. The summed E-state index contributed by atoms with van der Waals surface area (Å²) in [5.41, 5.74) is -4.49. The fourth-order valence-corrected chi connectivity index (χ4v) is 4.58. The quantitative estimate of drug-likeness (QED) is 0.107. The van der Waals surface area contributed by atoms with Crippen LogP contribution in [0.1, 0.15) is 62.3 Å². The van der Waals surface area contributed by atoms with Gasteiger partial charge in [-0.05, 0) is 18.6 Å². The Morgan fingerprint density at radius 3 is 2.06 bits per heavy atom. The topological polar surface area (TPSA) is 243 Å². The van der Waals surface area contributed by atoms with Gasteiger partial charge in [-0.25, -0.2) is 4.79 Å². The van der Waals surface area contributed by atoms with Crippen LogP contribution in [-0.2, 0) is 4.74 Å². The second-order valence-corrected chi connectivity index (χ2v) is 8.24. The average molecular weight is 534 g/mol. The number of hydrogen-bond acceptors (Lipinski definition) is 12. The molecular formula is C22H22CaO13. The number of aliphatic hydroxyl groups excluding tert-OH is 4. The number of carbonyl (C=O) groups is 3. The molecule has 1 aliphatic carbocycles. The van der Waals surface area contributed by atoms with Gasteiger partial charge in [-0.3, -0.25) is 9.59 Å². The third kappa shape index (κ3) is 3.83. The first-order chi connectivity index (χ1) is 16.3. The van der Waals surface area contributed by atoms with E-state index in [2.05, 4.69) is 0 Å². The van der Waals surface area contributed by atoms with Crippen molar-refractivity contribution in [2.24, 2.45) is 0 Å². The molecule has 36 heavy (non-hydrogen) atoms. The Bertz CT molecular complexity index is 1310. The summed E-state index contributed by atoms with van der Waals surface area (Å²) in [4.78, 5) is 38.1. The number of carboxylic acid groups (broad SMARTS) is 1. The number of fused-ring (bicyclic) bond motifs is 2. The third-order valence-electron chi connectivity index (χ3n) is 6.33. The van der Waals surface area contributed by atoms with Crippen LogP contribution in [0.5, 0.6) is 23.0 Å². The molecule has 13 nitrogen and oxygen atoms in total. The van der Waals surface area contributed by atoms with Gasteiger partial charge in [0.15, 0.2) is 23.1 Å². The number of ether oxygens (including phenoxy) is 1. The van der Waals surface area contributed by atoms with Crippen LogP contribution in [0.25, 0.3) is 0 Å². The van der Waals surface area contributed by atoms with Crippen molar-refractivity contribution >= 4 is 55.3 Å². The van der Waals surface area contributed by atoms with Crippen molar-refractivity contribution in [1.82, 2.24) is 0 Å². The summed E-state index contributed by atoms with van der Waals surface area (Å²) in [5.74, 6) is -8.24. The number of phenolic OH excluding ortho intramolecular Hbond substituents is 3. The fraction of sp³-hybridized carbons (Fsp3) is 0.318. The van der Waals surface area contributed by atoms with E-state index >= 15 is 0 Å². The molecule has 1 aliphatic heterocycles. The van der Waals surface area contributed by atoms with Crippen LogP contribution in [0.15, 0.2) is 6.07 Å². The van der Waals surface area contributed by atoms with Crippen LogP contribution in [0, 0.1) is 6.92 Å². The molecule has 0 saturated carbocycles. The van der Waals surface area contributed by atoms with Gasteiger partial charge in [0.25, 0.3) is 0 Å². The van der Waals surface area contributed by atoms with E-state index in [1.807, 2.05) is 0 Å². The van der Waals surface area contributed by atoms with Crippen molar-refractivity contribution in [2.75, 3.05) is 6.61 Å². The van der Waals surface area contributed by atoms with Crippen LogP contribution >= 0.6 is 0 Å². The van der Waals surface area contributed by atoms with E-state index in [4.69, 9.17) is 4.74 Å². The van der Waals surface area contributed by atoms with Crippen LogP contribution in [0.3, 0.4) is 0 Å². The van der Waals surface area contributed by atoms with E-state index in [9.17, 15) is 60.3 Å². The number of phenols is 4. The molecule has 9 N–H and O–H groups in total. The minimum absolute atomic E-state index is 0. The predicted octanol–water partition coefficient (Wildman–Crippen LogP) is -1.35. The van der Waals surface area contributed by atoms with Crippen molar-refractivity contribution in [2.45, 2.75) is 37.4 Å². The fourth-order valence-electron chi connectivity index (χ4n) is 4.58. The van der Waals surface area contributed by atoms with Crippen LogP contribution in [0.2, 0.25) is 0 Å². The first-order valence-electron chi connectivity index (χ1n) is 10.2. The maximum Gasteiger partial charge on any atom is 2.00 e. The standard InChI is InChI=1S/C22H20O13.Ca.2H/c1-4-8-5(2-6(24)9(4)22(33)34)13(25)10-11(15(8)27)16(28)12(18(30)17(10)29)21-20(32)19(31)14(26)7(3-23)35-21;;;/h2,7,14,19-21,23-24,26,28-32H,3H2,1H3,(H,33,34);;;/q;+2;2*-1/t7-,14-,19+,20-,21-;;;/m1.../s1. The molecule has 14 heteroatoms. The number of aliphatic hydroxyl groups is 4. The van der Waals surface area contributed by atoms with Gasteiger partial charge in [0.2, 0.25) is 0 Å². The second-order valence-electron chi connectivity index (χ2n) is 8.24. The van der Waals surface area contributed by atoms with Gasteiger partial charge in [-0.2, -0.15) is 0 Å². The molecule has 4 rings (SSSR count). The molecule has 5 atom stereocenters. The number of aromatic carboxylic acids is 1. The van der Waals surface area contributed by atoms with E-state index in [1.54, 1.807) is 0 Å². The number of ketones is 2. The molecule has 2 aliphatic rings. The van der Waals surface area contributed by atoms with Crippen molar-refractivity contribution in [3.8, 4) is 23.0 Å². The number of hydrogen-bond donors (Lipinski definition) is 9. The molecule has 2 aromatic rings. The number of rotatable bonds is 3. The Hall–Kier alpha value is -2.49. The number of carboxylic acids is 1. The zero-order chi connectivity index (χ0) is 26.1. The molecule has 0 unspecified atom stereocenters. The molecule has 2 aromatic carbocycles. The van der Waals surface area contributed by atoms with Crippen LogP contribution < -0.4 is 0 Å². The van der Waals surface area contributed by atoms with Gasteiger partial charge in [0.1, 0.15) is 47.6 Å².